The first-order valence-corrected chi connectivity index (χ1v) is 15.7. The third-order valence-corrected chi connectivity index (χ3v) is 14.0. The van der Waals surface area contributed by atoms with Crippen LogP contribution in [0.25, 0.3) is 0 Å². The number of ether oxygens (including phenoxy) is 1. The largest absolute Gasteiger partial charge is 0.406 e. The normalized spacial score (nSPS) is 37.8. The van der Waals surface area contributed by atoms with Crippen molar-refractivity contribution in [3.8, 4) is 0 Å². The molecule has 13 heteroatoms. The maximum atomic E-state index is 12.9. The Labute approximate surface area is 193 Å². The smallest absolute Gasteiger partial charge is 0.330 e. The summed E-state index contributed by atoms with van der Waals surface area (Å²) < 4.78 is 46.5. The van der Waals surface area contributed by atoms with Gasteiger partial charge in [0.05, 0.1) is 11.3 Å². The van der Waals surface area contributed by atoms with Crippen LogP contribution in [-0.2, 0) is 23.5 Å². The van der Waals surface area contributed by atoms with Crippen LogP contribution >= 0.6 is 0 Å². The molecule has 4 aliphatic rings. The number of hydrogen-bond acceptors (Lipinski definition) is 9. The summed E-state index contributed by atoms with van der Waals surface area (Å²) in [6.45, 7) is 13.4. The van der Waals surface area contributed by atoms with Gasteiger partial charge in [-0.05, 0) is 25.1 Å². The molecule has 1 aromatic heterocycles. The molecule has 33 heavy (non-hydrogen) atoms. The summed E-state index contributed by atoms with van der Waals surface area (Å²) in [5, 5.41) is 3.11. The fourth-order valence-corrected chi connectivity index (χ4v) is 8.77. The maximum absolute atomic E-state index is 12.9. The first kappa shape index (κ1) is 23.4. The third-order valence-electron chi connectivity index (χ3n) is 8.23. The number of aryl methyl sites for hydroxylation is 1. The van der Waals surface area contributed by atoms with E-state index in [-0.39, 0.29) is 10.8 Å². The van der Waals surface area contributed by atoms with Crippen molar-refractivity contribution in [3.05, 3.63) is 32.6 Å². The molecular formula is C20H32N4O7SSi. The Hall–Kier alpha value is -1.35. The Balaban J connectivity index is 1.72. The number of H-pyrrole nitrogens is 1. The fourth-order valence-electron chi connectivity index (χ4n) is 5.56. The summed E-state index contributed by atoms with van der Waals surface area (Å²) in [4.78, 5) is 29.3. The lowest BCUT2D eigenvalue weighted by atomic mass is 9.77. The molecule has 0 bridgehead atoms. The number of hydrogen-bond donors (Lipinski definition) is 2. The summed E-state index contributed by atoms with van der Waals surface area (Å²) in [5.41, 5.74) is -2.93. The van der Waals surface area contributed by atoms with Crippen molar-refractivity contribution in [2.24, 2.45) is 0 Å². The minimum absolute atomic E-state index is 0.170. The van der Waals surface area contributed by atoms with Gasteiger partial charge in [-0.2, -0.15) is 8.42 Å². The Bertz CT molecular complexity index is 1220. The SMILES string of the molecule is Cc1cn([C@@H]2O[C@@H]3CN4CNC[C@]45CS(=O)(=O)O[C@@]35[C@H]2O[Si](C)(C)C(C)(C)C)c(=O)[nH]c1=O. The molecule has 5 heterocycles. The van der Waals surface area contributed by atoms with Crippen LogP contribution < -0.4 is 16.6 Å². The topological polar surface area (TPSA) is 132 Å². The average molecular weight is 501 g/mol. The molecule has 4 aliphatic heterocycles. The number of aromatic amines is 1. The molecular weight excluding hydrogens is 468 g/mol. The van der Waals surface area contributed by atoms with Crippen LogP contribution in [0.1, 0.15) is 32.6 Å². The molecule has 1 aromatic rings. The van der Waals surface area contributed by atoms with Crippen molar-refractivity contribution in [3.63, 3.8) is 0 Å². The number of nitrogens with zero attached hydrogens (tertiary/aromatic N) is 2. The highest BCUT2D eigenvalue weighted by molar-refractivity contribution is 7.87. The second-order valence-corrected chi connectivity index (χ2v) is 17.5. The van der Waals surface area contributed by atoms with Crippen molar-refractivity contribution in [1.82, 2.24) is 19.8 Å². The zero-order valence-electron chi connectivity index (χ0n) is 19.8. The highest BCUT2D eigenvalue weighted by Crippen LogP contribution is 2.60. The van der Waals surface area contributed by atoms with E-state index in [9.17, 15) is 18.0 Å². The average Bonchev–Trinajstić information content (AvgIpc) is 3.31. The highest BCUT2D eigenvalue weighted by atomic mass is 32.2. The highest BCUT2D eigenvalue weighted by Gasteiger charge is 2.81. The van der Waals surface area contributed by atoms with Gasteiger partial charge in [0.25, 0.3) is 15.7 Å². The first-order chi connectivity index (χ1) is 15.1. The second-order valence-electron chi connectivity index (χ2n) is 11.2. The predicted octanol–water partition coefficient (Wildman–Crippen LogP) is -0.153. The Morgan fingerprint density at radius 3 is 2.64 bits per heavy atom. The lowest BCUT2D eigenvalue weighted by Crippen LogP contribution is -2.66. The van der Waals surface area contributed by atoms with Gasteiger partial charge in [-0.3, -0.25) is 23.4 Å². The van der Waals surface area contributed by atoms with Crippen LogP contribution in [0.4, 0.5) is 0 Å². The van der Waals surface area contributed by atoms with Crippen molar-refractivity contribution in [2.75, 3.05) is 25.5 Å². The quantitative estimate of drug-likeness (QED) is 0.429. The fraction of sp³-hybridized carbons (Fsp3) is 0.800. The Kier molecular flexibility index (Phi) is 4.87. The molecule has 0 unspecified atom stereocenters. The van der Waals surface area contributed by atoms with E-state index in [2.05, 4.69) is 49.1 Å². The second kappa shape index (κ2) is 6.86. The molecule has 2 N–H and O–H groups in total. The van der Waals surface area contributed by atoms with E-state index in [4.69, 9.17) is 13.3 Å². The lowest BCUT2D eigenvalue weighted by molar-refractivity contribution is -0.0719. The zero-order chi connectivity index (χ0) is 24.2. The van der Waals surface area contributed by atoms with Gasteiger partial charge < -0.3 is 14.5 Å². The summed E-state index contributed by atoms with van der Waals surface area (Å²) in [6.07, 6.45) is -0.976. The molecule has 0 saturated carbocycles. The van der Waals surface area contributed by atoms with Crippen molar-refractivity contribution >= 4 is 18.4 Å². The van der Waals surface area contributed by atoms with Gasteiger partial charge in [0, 0.05) is 31.5 Å². The van der Waals surface area contributed by atoms with Gasteiger partial charge in [0.15, 0.2) is 20.1 Å². The standard InChI is InChI=1S/C20H32N4O7SSi/c1-12-7-24(17(26)22-15(12)25)16-14(30-33(5,6)18(2,3)4)20-13(29-16)8-23-11-21-9-19(20,23)10-32(27,28)31-20/h7,13-14,16,21H,8-11H2,1-6H3,(H,22,25,26)/t13-,14+,16-,19-,20-/m1/s1. The van der Waals surface area contributed by atoms with Crippen molar-refractivity contribution in [2.45, 2.75) is 75.4 Å². The molecule has 11 nitrogen and oxygen atoms in total. The molecule has 184 valence electrons. The Morgan fingerprint density at radius 1 is 1.27 bits per heavy atom. The molecule has 2 spiro atoms. The van der Waals surface area contributed by atoms with E-state index in [1.54, 1.807) is 6.92 Å². The van der Waals surface area contributed by atoms with E-state index in [1.807, 2.05) is 0 Å². The minimum atomic E-state index is -3.86. The van der Waals surface area contributed by atoms with E-state index in [0.717, 1.165) is 0 Å². The summed E-state index contributed by atoms with van der Waals surface area (Å²) in [6, 6.07) is 0. The van der Waals surface area contributed by atoms with Gasteiger partial charge in [0.2, 0.25) is 0 Å². The molecule has 0 aliphatic carbocycles. The van der Waals surface area contributed by atoms with Gasteiger partial charge in [0.1, 0.15) is 12.2 Å². The zero-order valence-corrected chi connectivity index (χ0v) is 21.6. The molecule has 4 saturated heterocycles. The number of aromatic nitrogens is 2. The van der Waals surface area contributed by atoms with E-state index < -0.39 is 59.3 Å². The van der Waals surface area contributed by atoms with E-state index in [0.29, 0.717) is 25.3 Å². The van der Waals surface area contributed by atoms with Crippen molar-refractivity contribution < 1.29 is 21.8 Å². The van der Waals surface area contributed by atoms with Crippen LogP contribution in [0, 0.1) is 6.92 Å². The third kappa shape index (κ3) is 3.06. The molecule has 0 radical (unpaired) electrons. The lowest BCUT2D eigenvalue weighted by Gasteiger charge is -2.46. The van der Waals surface area contributed by atoms with Crippen LogP contribution in [0.15, 0.2) is 15.8 Å². The summed E-state index contributed by atoms with van der Waals surface area (Å²) in [7, 11) is -6.34. The molecule has 0 aromatic carbocycles. The minimum Gasteiger partial charge on any atom is -0.406 e. The molecule has 5 rings (SSSR count). The van der Waals surface area contributed by atoms with Gasteiger partial charge in [-0.25, -0.2) is 4.79 Å². The van der Waals surface area contributed by atoms with Crippen LogP contribution in [0.3, 0.4) is 0 Å². The van der Waals surface area contributed by atoms with E-state index >= 15 is 0 Å². The van der Waals surface area contributed by atoms with Gasteiger partial charge >= 0.3 is 5.69 Å². The molecule has 4 fully saturated rings. The van der Waals surface area contributed by atoms with Crippen molar-refractivity contribution in [1.29, 1.82) is 0 Å². The van der Waals surface area contributed by atoms with E-state index in [1.165, 1.54) is 10.8 Å². The van der Waals surface area contributed by atoms with Crippen LogP contribution in [0.5, 0.6) is 0 Å². The monoisotopic (exact) mass is 500 g/mol. The van der Waals surface area contributed by atoms with Crippen LogP contribution in [0.2, 0.25) is 18.1 Å². The maximum Gasteiger partial charge on any atom is 0.330 e. The van der Waals surface area contributed by atoms with Gasteiger partial charge in [-0.15, -0.1) is 0 Å². The first-order valence-electron chi connectivity index (χ1n) is 11.2. The molecule has 0 amide bonds. The molecule has 5 atom stereocenters. The Morgan fingerprint density at radius 2 is 1.97 bits per heavy atom. The predicted molar refractivity (Wildman–Crippen MR) is 122 cm³/mol. The number of rotatable bonds is 3. The summed E-state index contributed by atoms with van der Waals surface area (Å²) in [5.74, 6) is -0.170. The van der Waals surface area contributed by atoms with Crippen LogP contribution in [-0.4, -0.2) is 80.0 Å². The number of nitrogens with one attached hydrogen (secondary N) is 2. The summed E-state index contributed by atoms with van der Waals surface area (Å²) >= 11 is 0. The van der Waals surface area contributed by atoms with Gasteiger partial charge in [-0.1, -0.05) is 20.8 Å².